The zero-order valence-electron chi connectivity index (χ0n) is 15.4. The van der Waals surface area contributed by atoms with E-state index in [1.807, 2.05) is 30.3 Å². The molecule has 142 valence electrons. The summed E-state index contributed by atoms with van der Waals surface area (Å²) < 4.78 is 5.93. The van der Waals surface area contributed by atoms with Crippen LogP contribution in [0.2, 0.25) is 0 Å². The normalized spacial score (nSPS) is 13.9. The highest BCUT2D eigenvalue weighted by atomic mass is 16.6. The molecule has 1 aliphatic rings. The van der Waals surface area contributed by atoms with Crippen molar-refractivity contribution in [3.8, 4) is 5.75 Å². The van der Waals surface area contributed by atoms with Gasteiger partial charge in [-0.2, -0.15) is 0 Å². The summed E-state index contributed by atoms with van der Waals surface area (Å²) in [5.74, 6) is 2.22. The van der Waals surface area contributed by atoms with Gasteiger partial charge in [0, 0.05) is 37.8 Å². The molecule has 0 amide bonds. The zero-order valence-corrected chi connectivity index (χ0v) is 15.4. The average Bonchev–Trinajstić information content (AvgIpc) is 3.52. The number of aliphatic imine (C=N–C) groups is 1. The van der Waals surface area contributed by atoms with E-state index in [-0.39, 0.29) is 5.69 Å². The van der Waals surface area contributed by atoms with Crippen molar-refractivity contribution in [1.82, 2.24) is 10.6 Å². The van der Waals surface area contributed by atoms with Crippen molar-refractivity contribution in [1.29, 1.82) is 0 Å². The Labute approximate surface area is 158 Å². The Morgan fingerprint density at radius 1 is 1.19 bits per heavy atom. The van der Waals surface area contributed by atoms with E-state index >= 15 is 0 Å². The van der Waals surface area contributed by atoms with E-state index in [0.717, 1.165) is 23.5 Å². The minimum atomic E-state index is -0.394. The summed E-state index contributed by atoms with van der Waals surface area (Å²) in [6, 6.07) is 14.5. The Morgan fingerprint density at radius 2 is 1.96 bits per heavy atom. The number of benzene rings is 2. The Morgan fingerprint density at radius 3 is 2.70 bits per heavy atom. The quantitative estimate of drug-likeness (QED) is 0.323. The van der Waals surface area contributed by atoms with Crippen LogP contribution in [0.15, 0.2) is 53.5 Å². The molecule has 0 bridgehead atoms. The van der Waals surface area contributed by atoms with Gasteiger partial charge in [0.05, 0.1) is 11.5 Å². The monoisotopic (exact) mass is 368 g/mol. The lowest BCUT2D eigenvalue weighted by Crippen LogP contribution is -2.36. The Bertz CT molecular complexity index is 818. The fourth-order valence-corrected chi connectivity index (χ4v) is 2.65. The maximum atomic E-state index is 10.9. The van der Waals surface area contributed by atoms with Crippen molar-refractivity contribution >= 4 is 11.6 Å². The molecule has 0 spiro atoms. The first kappa shape index (κ1) is 18.7. The van der Waals surface area contributed by atoms with Crippen LogP contribution >= 0.6 is 0 Å². The lowest BCUT2D eigenvalue weighted by Gasteiger charge is -2.15. The summed E-state index contributed by atoms with van der Waals surface area (Å²) in [4.78, 5) is 14.7. The summed E-state index contributed by atoms with van der Waals surface area (Å²) in [5.41, 5.74) is 1.97. The summed E-state index contributed by atoms with van der Waals surface area (Å²) >= 11 is 0. The number of ether oxygens (including phenoxy) is 1. The number of hydrogen-bond donors (Lipinski definition) is 2. The molecule has 1 fully saturated rings. The predicted octanol–water partition coefficient (Wildman–Crippen LogP) is 3.25. The third-order valence-corrected chi connectivity index (χ3v) is 4.40. The van der Waals surface area contributed by atoms with E-state index in [4.69, 9.17) is 4.74 Å². The number of nitro benzene ring substituents is 1. The zero-order chi connectivity index (χ0) is 19.1. The van der Waals surface area contributed by atoms with Crippen LogP contribution in [0.25, 0.3) is 0 Å². The lowest BCUT2D eigenvalue weighted by atomic mass is 10.2. The SMILES string of the molecule is CN=C(NCc1cccc([N+](=O)[O-])c1)NCc1ccccc1OCC1CC1. The van der Waals surface area contributed by atoms with E-state index in [0.29, 0.717) is 25.0 Å². The first-order valence-electron chi connectivity index (χ1n) is 9.04. The molecule has 7 nitrogen and oxygen atoms in total. The molecule has 0 unspecified atom stereocenters. The highest BCUT2D eigenvalue weighted by Crippen LogP contribution is 2.30. The molecule has 2 N–H and O–H groups in total. The molecule has 7 heteroatoms. The van der Waals surface area contributed by atoms with Gasteiger partial charge in [-0.1, -0.05) is 30.3 Å². The van der Waals surface area contributed by atoms with Crippen molar-refractivity contribution in [3.05, 3.63) is 69.8 Å². The smallest absolute Gasteiger partial charge is 0.269 e. The van der Waals surface area contributed by atoms with Crippen LogP contribution in [-0.2, 0) is 13.1 Å². The Balaban J connectivity index is 1.53. The van der Waals surface area contributed by atoms with Gasteiger partial charge < -0.3 is 15.4 Å². The van der Waals surface area contributed by atoms with Gasteiger partial charge in [0.25, 0.3) is 5.69 Å². The van der Waals surface area contributed by atoms with E-state index in [1.165, 1.54) is 18.9 Å². The minimum absolute atomic E-state index is 0.0824. The second kappa shape index (κ2) is 9.02. The first-order valence-corrected chi connectivity index (χ1v) is 9.04. The Kier molecular flexibility index (Phi) is 6.25. The van der Waals surface area contributed by atoms with Gasteiger partial charge in [-0.3, -0.25) is 15.1 Å². The van der Waals surface area contributed by atoms with Gasteiger partial charge >= 0.3 is 0 Å². The topological polar surface area (TPSA) is 88.8 Å². The van der Waals surface area contributed by atoms with Crippen LogP contribution in [-0.4, -0.2) is 24.5 Å². The van der Waals surface area contributed by atoms with Gasteiger partial charge in [0.2, 0.25) is 0 Å². The number of nitrogens with zero attached hydrogens (tertiary/aromatic N) is 2. The van der Waals surface area contributed by atoms with Crippen molar-refractivity contribution in [3.63, 3.8) is 0 Å². The lowest BCUT2D eigenvalue weighted by molar-refractivity contribution is -0.384. The average molecular weight is 368 g/mol. The number of guanidine groups is 1. The molecule has 1 saturated carbocycles. The third-order valence-electron chi connectivity index (χ3n) is 4.40. The van der Waals surface area contributed by atoms with Crippen LogP contribution in [0.1, 0.15) is 24.0 Å². The predicted molar refractivity (Wildman–Crippen MR) is 105 cm³/mol. The van der Waals surface area contributed by atoms with Crippen molar-refractivity contribution < 1.29 is 9.66 Å². The van der Waals surface area contributed by atoms with Crippen molar-refractivity contribution in [2.24, 2.45) is 10.9 Å². The van der Waals surface area contributed by atoms with E-state index in [2.05, 4.69) is 15.6 Å². The van der Waals surface area contributed by atoms with Crippen LogP contribution in [0.5, 0.6) is 5.75 Å². The molecule has 2 aromatic carbocycles. The highest BCUT2D eigenvalue weighted by molar-refractivity contribution is 5.79. The maximum Gasteiger partial charge on any atom is 0.269 e. The highest BCUT2D eigenvalue weighted by Gasteiger charge is 2.22. The van der Waals surface area contributed by atoms with Crippen molar-refractivity contribution in [2.75, 3.05) is 13.7 Å². The largest absolute Gasteiger partial charge is 0.493 e. The molecule has 1 aliphatic carbocycles. The number of hydrogen-bond acceptors (Lipinski definition) is 4. The first-order chi connectivity index (χ1) is 13.2. The van der Waals surface area contributed by atoms with Gasteiger partial charge in [0.1, 0.15) is 5.75 Å². The molecular formula is C20H24N4O3. The molecule has 2 aromatic rings. The summed E-state index contributed by atoms with van der Waals surface area (Å²) in [5, 5.41) is 17.3. The minimum Gasteiger partial charge on any atom is -0.493 e. The molecule has 0 aliphatic heterocycles. The van der Waals surface area contributed by atoms with Crippen LogP contribution in [0.3, 0.4) is 0 Å². The molecule has 0 aromatic heterocycles. The van der Waals surface area contributed by atoms with E-state index < -0.39 is 4.92 Å². The fraction of sp³-hybridized carbons (Fsp3) is 0.350. The summed E-state index contributed by atoms with van der Waals surface area (Å²) in [7, 11) is 1.69. The second-order valence-electron chi connectivity index (χ2n) is 6.57. The fourth-order valence-electron chi connectivity index (χ4n) is 2.65. The number of rotatable bonds is 8. The number of nitrogens with one attached hydrogen (secondary N) is 2. The standard InChI is InChI=1S/C20H24N4O3/c1-21-20(22-12-16-5-4-7-18(11-16)24(25)26)23-13-17-6-2-3-8-19(17)27-14-15-9-10-15/h2-8,11,15H,9-10,12-14H2,1H3,(H2,21,22,23). The van der Waals surface area contributed by atoms with Gasteiger partial charge in [-0.15, -0.1) is 0 Å². The molecule has 0 radical (unpaired) electrons. The Hall–Kier alpha value is -3.09. The third kappa shape index (κ3) is 5.70. The number of nitro groups is 1. The molecule has 0 atom stereocenters. The van der Waals surface area contributed by atoms with Crippen molar-refractivity contribution in [2.45, 2.75) is 25.9 Å². The van der Waals surface area contributed by atoms with E-state index in [1.54, 1.807) is 19.2 Å². The van der Waals surface area contributed by atoms with Crippen LogP contribution in [0.4, 0.5) is 5.69 Å². The number of non-ortho nitro benzene ring substituents is 1. The second-order valence-corrected chi connectivity index (χ2v) is 6.57. The number of para-hydroxylation sites is 1. The molecule has 3 rings (SSSR count). The molecular weight excluding hydrogens is 344 g/mol. The maximum absolute atomic E-state index is 10.9. The van der Waals surface area contributed by atoms with E-state index in [9.17, 15) is 10.1 Å². The molecule has 27 heavy (non-hydrogen) atoms. The molecule has 0 heterocycles. The van der Waals surface area contributed by atoms with Crippen LogP contribution < -0.4 is 15.4 Å². The molecule has 0 saturated heterocycles. The van der Waals surface area contributed by atoms with Gasteiger partial charge in [-0.05, 0) is 30.4 Å². The summed E-state index contributed by atoms with van der Waals surface area (Å²) in [6.45, 7) is 1.80. The van der Waals surface area contributed by atoms with Crippen LogP contribution in [0, 0.1) is 16.0 Å². The summed E-state index contributed by atoms with van der Waals surface area (Å²) in [6.07, 6.45) is 2.52. The van der Waals surface area contributed by atoms with Gasteiger partial charge in [-0.25, -0.2) is 0 Å². The van der Waals surface area contributed by atoms with Gasteiger partial charge in [0.15, 0.2) is 5.96 Å².